The van der Waals surface area contributed by atoms with E-state index >= 15 is 0 Å². The van der Waals surface area contributed by atoms with Crippen LogP contribution >= 0.6 is 0 Å². The lowest BCUT2D eigenvalue weighted by Crippen LogP contribution is -2.23. The summed E-state index contributed by atoms with van der Waals surface area (Å²) in [6.07, 6.45) is 1.78. The highest BCUT2D eigenvalue weighted by molar-refractivity contribution is 6.09. The van der Waals surface area contributed by atoms with Gasteiger partial charge in [0.05, 0.1) is 29.5 Å². The first-order valence-electron chi connectivity index (χ1n) is 18.9. The quantitative estimate of drug-likeness (QED) is 0.172. The highest BCUT2D eigenvalue weighted by atomic mass is 16.5. The van der Waals surface area contributed by atoms with Crippen LogP contribution in [0.15, 0.2) is 91.1 Å². The lowest BCUT2D eigenvalue weighted by Gasteiger charge is -2.34. The first kappa shape index (κ1) is 37.0. The summed E-state index contributed by atoms with van der Waals surface area (Å²) in [6, 6.07) is 29.8. The largest absolute Gasteiger partial charge is 0.497 e. The number of nitrogens with zero attached hydrogens (tertiary/aromatic N) is 4. The molecule has 0 bridgehead atoms. The Bertz CT molecular complexity index is 2510. The molecule has 0 aliphatic carbocycles. The molecule has 4 aromatic carbocycles. The molecule has 0 saturated carbocycles. The van der Waals surface area contributed by atoms with Gasteiger partial charge in [0.15, 0.2) is 0 Å². The fourth-order valence-corrected chi connectivity index (χ4v) is 7.74. The van der Waals surface area contributed by atoms with Crippen LogP contribution in [-0.4, -0.2) is 26.4 Å². The molecular weight excluding hydrogens is 665 g/mol. The molecule has 0 fully saturated rings. The number of ether oxygens (including phenoxy) is 2. The number of benzene rings is 4. The molecule has 6 heteroatoms. The number of aryl methyl sites for hydroxylation is 2. The van der Waals surface area contributed by atoms with Gasteiger partial charge in [-0.3, -0.25) is 4.57 Å². The second-order valence-corrected chi connectivity index (χ2v) is 17.8. The van der Waals surface area contributed by atoms with Crippen LogP contribution in [0.3, 0.4) is 0 Å². The number of hydrogen-bond donors (Lipinski definition) is 0. The normalized spacial score (nSPS) is 12.5. The molecule has 0 aliphatic rings. The van der Waals surface area contributed by atoms with Crippen LogP contribution in [0, 0.1) is 20.8 Å². The Morgan fingerprint density at radius 3 is 1.91 bits per heavy atom. The summed E-state index contributed by atoms with van der Waals surface area (Å²) in [4.78, 5) is 4.72. The van der Waals surface area contributed by atoms with Crippen LogP contribution in [0.5, 0.6) is 17.2 Å². The Labute approximate surface area is 320 Å². The molecule has 278 valence electrons. The highest BCUT2D eigenvalue weighted by Crippen LogP contribution is 2.46. The standard InChI is InChI=1S/C48H54N4O2/c1-29-22-33(52-31(3)44(30(2)50-52)45-39(47(7,8)9)24-32(46(4,5)6)25-40(45)48(10,11)12)26-36(23-29)54-35-18-19-38-37-16-14-15-17-41(37)51(42(38)27-35)43-28-34(53-13)20-21-49-43/h14-28H,1-13H3. The van der Waals surface area contributed by atoms with Gasteiger partial charge in [-0.2, -0.15) is 5.10 Å². The van der Waals surface area contributed by atoms with Crippen molar-refractivity contribution in [3.05, 3.63) is 125 Å². The van der Waals surface area contributed by atoms with E-state index < -0.39 is 0 Å². The van der Waals surface area contributed by atoms with Crippen molar-refractivity contribution in [2.75, 3.05) is 7.11 Å². The van der Waals surface area contributed by atoms with Crippen LogP contribution in [0.4, 0.5) is 0 Å². The zero-order chi connectivity index (χ0) is 38.9. The number of rotatable bonds is 6. The zero-order valence-electron chi connectivity index (χ0n) is 34.3. The third-order valence-electron chi connectivity index (χ3n) is 10.5. The molecule has 6 nitrogen and oxygen atoms in total. The maximum absolute atomic E-state index is 6.70. The minimum absolute atomic E-state index is 0.0256. The summed E-state index contributed by atoms with van der Waals surface area (Å²) in [5.41, 5.74) is 12.7. The molecule has 54 heavy (non-hydrogen) atoms. The van der Waals surface area contributed by atoms with E-state index in [1.165, 1.54) is 27.8 Å². The van der Waals surface area contributed by atoms with Crippen molar-refractivity contribution in [1.29, 1.82) is 0 Å². The molecule has 0 spiro atoms. The Balaban J connectivity index is 1.34. The molecule has 0 radical (unpaired) electrons. The van der Waals surface area contributed by atoms with Crippen LogP contribution in [0.2, 0.25) is 0 Å². The number of methoxy groups -OCH3 is 1. The van der Waals surface area contributed by atoms with E-state index in [1.807, 2.05) is 18.2 Å². The molecule has 0 saturated heterocycles. The number of aromatic nitrogens is 4. The Morgan fingerprint density at radius 1 is 0.593 bits per heavy atom. The lowest BCUT2D eigenvalue weighted by molar-refractivity contribution is 0.414. The molecule has 0 amide bonds. The molecule has 0 aliphatic heterocycles. The molecule has 7 rings (SSSR count). The van der Waals surface area contributed by atoms with Crippen LogP contribution in [0.1, 0.15) is 96.0 Å². The van der Waals surface area contributed by atoms with Crippen molar-refractivity contribution in [1.82, 2.24) is 19.3 Å². The minimum Gasteiger partial charge on any atom is -0.497 e. The second kappa shape index (κ2) is 13.2. The number of hydrogen-bond acceptors (Lipinski definition) is 4. The molecule has 0 N–H and O–H groups in total. The van der Waals surface area contributed by atoms with Gasteiger partial charge in [0.1, 0.15) is 23.1 Å². The van der Waals surface area contributed by atoms with Gasteiger partial charge >= 0.3 is 0 Å². The van der Waals surface area contributed by atoms with Crippen molar-refractivity contribution < 1.29 is 9.47 Å². The van der Waals surface area contributed by atoms with Crippen molar-refractivity contribution >= 4 is 21.8 Å². The van der Waals surface area contributed by atoms with Gasteiger partial charge in [-0.1, -0.05) is 92.6 Å². The second-order valence-electron chi connectivity index (χ2n) is 17.8. The first-order valence-corrected chi connectivity index (χ1v) is 18.9. The van der Waals surface area contributed by atoms with Gasteiger partial charge in [-0.25, -0.2) is 9.67 Å². The topological polar surface area (TPSA) is 54.1 Å². The summed E-state index contributed by atoms with van der Waals surface area (Å²) in [7, 11) is 1.68. The summed E-state index contributed by atoms with van der Waals surface area (Å²) >= 11 is 0. The first-order chi connectivity index (χ1) is 25.3. The van der Waals surface area contributed by atoms with Crippen LogP contribution < -0.4 is 9.47 Å². The van der Waals surface area contributed by atoms with Gasteiger partial charge < -0.3 is 9.47 Å². The predicted molar refractivity (Wildman–Crippen MR) is 225 cm³/mol. The highest BCUT2D eigenvalue weighted by Gasteiger charge is 2.32. The summed E-state index contributed by atoms with van der Waals surface area (Å²) in [5.74, 6) is 3.03. The van der Waals surface area contributed by atoms with Crippen molar-refractivity contribution in [2.24, 2.45) is 0 Å². The van der Waals surface area contributed by atoms with E-state index in [-0.39, 0.29) is 16.2 Å². The minimum atomic E-state index is -0.0721. The molecule has 0 unspecified atom stereocenters. The fraction of sp³-hybridized carbons (Fsp3) is 0.333. The summed E-state index contributed by atoms with van der Waals surface area (Å²) in [5, 5.41) is 7.51. The summed E-state index contributed by atoms with van der Waals surface area (Å²) in [6.45, 7) is 27.3. The number of fused-ring (bicyclic) bond motifs is 3. The maximum atomic E-state index is 6.70. The monoisotopic (exact) mass is 718 g/mol. The maximum Gasteiger partial charge on any atom is 0.141 e. The third-order valence-corrected chi connectivity index (χ3v) is 10.5. The van der Waals surface area contributed by atoms with Crippen LogP contribution in [-0.2, 0) is 16.2 Å². The van der Waals surface area contributed by atoms with E-state index in [9.17, 15) is 0 Å². The average Bonchev–Trinajstić information content (AvgIpc) is 3.58. The van der Waals surface area contributed by atoms with Gasteiger partial charge in [0.2, 0.25) is 0 Å². The smallest absolute Gasteiger partial charge is 0.141 e. The van der Waals surface area contributed by atoms with E-state index in [4.69, 9.17) is 19.6 Å². The Morgan fingerprint density at radius 2 is 1.26 bits per heavy atom. The molecule has 3 heterocycles. The number of pyridine rings is 1. The SMILES string of the molecule is COc1ccnc(-n2c3ccccc3c3ccc(Oc4cc(C)cc(-n5nc(C)c(-c6c(C(C)(C)C)cc(C(C)(C)C)cc6C(C)(C)C)c5C)c4)cc32)c1. The van der Waals surface area contributed by atoms with Crippen LogP contribution in [0.25, 0.3) is 44.4 Å². The zero-order valence-corrected chi connectivity index (χ0v) is 34.3. The molecule has 0 atom stereocenters. The predicted octanol–water partition coefficient (Wildman–Crippen LogP) is 12.7. The van der Waals surface area contributed by atoms with Crippen molar-refractivity contribution in [3.8, 4) is 39.9 Å². The van der Waals surface area contributed by atoms with Gasteiger partial charge in [-0.05, 0) is 101 Å². The van der Waals surface area contributed by atoms with E-state index in [1.54, 1.807) is 13.3 Å². The number of para-hydroxylation sites is 1. The lowest BCUT2D eigenvalue weighted by atomic mass is 9.70. The van der Waals surface area contributed by atoms with E-state index in [0.29, 0.717) is 0 Å². The van der Waals surface area contributed by atoms with Gasteiger partial charge in [0, 0.05) is 46.4 Å². The van der Waals surface area contributed by atoms with Gasteiger partial charge in [0.25, 0.3) is 0 Å². The summed E-state index contributed by atoms with van der Waals surface area (Å²) < 4.78 is 16.5. The molecular formula is C48H54N4O2. The Kier molecular flexibility index (Phi) is 9.03. The van der Waals surface area contributed by atoms with Crippen molar-refractivity contribution in [2.45, 2.75) is 99.3 Å². The molecule has 7 aromatic rings. The Hall–Kier alpha value is -5.36. The third kappa shape index (κ3) is 6.68. The fourth-order valence-electron chi connectivity index (χ4n) is 7.74. The van der Waals surface area contributed by atoms with E-state index in [2.05, 4.69) is 159 Å². The van der Waals surface area contributed by atoms with Crippen molar-refractivity contribution in [3.63, 3.8) is 0 Å². The molecule has 3 aromatic heterocycles. The average molecular weight is 719 g/mol. The van der Waals surface area contributed by atoms with E-state index in [0.717, 1.165) is 67.5 Å². The van der Waals surface area contributed by atoms with Gasteiger partial charge in [-0.15, -0.1) is 0 Å².